The first-order valence-electron chi connectivity index (χ1n) is 10.7. The number of nitrogens with one attached hydrogen (secondary N) is 1. The van der Waals surface area contributed by atoms with E-state index < -0.39 is 11.0 Å². The van der Waals surface area contributed by atoms with Crippen molar-refractivity contribution in [2.45, 2.75) is 19.9 Å². The van der Waals surface area contributed by atoms with Crippen molar-refractivity contribution in [3.63, 3.8) is 0 Å². The number of carbonyl (C=O) groups excluding carboxylic acids is 1. The largest absolute Gasteiger partial charge is 0.343 e. The van der Waals surface area contributed by atoms with E-state index in [0.29, 0.717) is 30.1 Å². The molecular weight excluding hydrogens is 406 g/mol. The predicted molar refractivity (Wildman–Crippen MR) is 123 cm³/mol. The van der Waals surface area contributed by atoms with E-state index in [1.807, 2.05) is 50.1 Å². The maximum atomic E-state index is 13.6. The molecule has 2 aliphatic rings. The summed E-state index contributed by atoms with van der Waals surface area (Å²) in [5.41, 5.74) is 3.90. The van der Waals surface area contributed by atoms with Gasteiger partial charge in [0, 0.05) is 49.6 Å². The summed E-state index contributed by atoms with van der Waals surface area (Å²) in [6.07, 6.45) is 0. The quantitative estimate of drug-likeness (QED) is 0.591. The highest BCUT2D eigenvalue weighted by atomic mass is 16.6. The van der Waals surface area contributed by atoms with Crippen LogP contribution in [0, 0.1) is 17.0 Å². The summed E-state index contributed by atoms with van der Waals surface area (Å²) >= 11 is 0. The van der Waals surface area contributed by atoms with Gasteiger partial charge in [-0.05, 0) is 26.5 Å². The van der Waals surface area contributed by atoms with Gasteiger partial charge in [0.05, 0.1) is 10.5 Å². The van der Waals surface area contributed by atoms with E-state index in [4.69, 9.17) is 4.99 Å². The predicted octanol–water partition coefficient (Wildman–Crippen LogP) is 3.04. The average molecular weight is 434 g/mol. The van der Waals surface area contributed by atoms with Gasteiger partial charge in [-0.1, -0.05) is 42.0 Å². The van der Waals surface area contributed by atoms with Gasteiger partial charge in [0.1, 0.15) is 11.9 Å². The zero-order chi connectivity index (χ0) is 22.8. The van der Waals surface area contributed by atoms with Crippen molar-refractivity contribution in [3.05, 3.63) is 86.6 Å². The SMILES string of the molecule is CC1=C(C(=O)N2CCN(C)CC2)C(c2cccc([N+](=O)[O-])c2)N=C(c2ccc(C)cc2)N1. The number of hydrogen-bond donors (Lipinski definition) is 1. The van der Waals surface area contributed by atoms with Gasteiger partial charge < -0.3 is 15.1 Å². The molecule has 2 heterocycles. The standard InChI is InChI=1S/C24H27N5O3/c1-16-7-9-18(10-8-16)23-25-17(2)21(24(30)28-13-11-27(3)12-14-28)22(26-23)19-5-4-6-20(15-19)29(31)32/h4-10,15,22H,11-14H2,1-3H3,(H,25,26). The number of nitro benzene ring substituents is 1. The maximum Gasteiger partial charge on any atom is 0.269 e. The Hall–Kier alpha value is -3.52. The molecule has 2 aromatic carbocycles. The molecule has 1 saturated heterocycles. The number of carbonyl (C=O) groups is 1. The van der Waals surface area contributed by atoms with Crippen LogP contribution in [0.4, 0.5) is 5.69 Å². The third kappa shape index (κ3) is 4.40. The molecule has 4 rings (SSSR count). The summed E-state index contributed by atoms with van der Waals surface area (Å²) in [5, 5.41) is 14.7. The molecule has 32 heavy (non-hydrogen) atoms. The van der Waals surface area contributed by atoms with Crippen LogP contribution in [-0.4, -0.2) is 59.7 Å². The molecule has 2 aliphatic heterocycles. The fourth-order valence-corrected chi connectivity index (χ4v) is 4.04. The topological polar surface area (TPSA) is 91.1 Å². The number of rotatable bonds is 4. The zero-order valence-electron chi connectivity index (χ0n) is 18.5. The van der Waals surface area contributed by atoms with Crippen molar-refractivity contribution in [2.24, 2.45) is 4.99 Å². The Balaban J connectivity index is 1.76. The molecule has 0 bridgehead atoms. The number of amidine groups is 1. The summed E-state index contributed by atoms with van der Waals surface area (Å²) in [4.78, 5) is 33.4. The van der Waals surface area contributed by atoms with Gasteiger partial charge in [-0.25, -0.2) is 0 Å². The molecule has 0 radical (unpaired) electrons. The van der Waals surface area contributed by atoms with E-state index >= 15 is 0 Å². The number of nitrogens with zero attached hydrogens (tertiary/aromatic N) is 4. The van der Waals surface area contributed by atoms with Crippen molar-refractivity contribution in [1.29, 1.82) is 0 Å². The number of allylic oxidation sites excluding steroid dienone is 1. The lowest BCUT2D eigenvalue weighted by Crippen LogP contribution is -2.49. The summed E-state index contributed by atoms with van der Waals surface area (Å²) in [6.45, 7) is 6.79. The van der Waals surface area contributed by atoms with Gasteiger partial charge in [0.25, 0.3) is 11.6 Å². The highest BCUT2D eigenvalue weighted by molar-refractivity contribution is 6.04. The lowest BCUT2D eigenvalue weighted by molar-refractivity contribution is -0.384. The van der Waals surface area contributed by atoms with Crippen LogP contribution in [0.15, 0.2) is 64.8 Å². The van der Waals surface area contributed by atoms with Crippen LogP contribution < -0.4 is 5.32 Å². The van der Waals surface area contributed by atoms with Gasteiger partial charge in [-0.2, -0.15) is 0 Å². The number of piperazine rings is 1. The van der Waals surface area contributed by atoms with E-state index in [1.54, 1.807) is 12.1 Å². The fraction of sp³-hybridized carbons (Fsp3) is 0.333. The zero-order valence-corrected chi connectivity index (χ0v) is 18.5. The van der Waals surface area contributed by atoms with Crippen LogP contribution in [0.3, 0.4) is 0 Å². The average Bonchev–Trinajstić information content (AvgIpc) is 2.79. The molecule has 2 aromatic rings. The van der Waals surface area contributed by atoms with Gasteiger partial charge >= 0.3 is 0 Å². The van der Waals surface area contributed by atoms with Gasteiger partial charge in [0.2, 0.25) is 0 Å². The molecule has 1 amide bonds. The molecule has 1 N–H and O–H groups in total. The molecular formula is C24H27N5O3. The number of aliphatic imine (C=N–C) groups is 1. The molecule has 8 nitrogen and oxygen atoms in total. The van der Waals surface area contributed by atoms with Gasteiger partial charge in [-0.15, -0.1) is 0 Å². The summed E-state index contributed by atoms with van der Waals surface area (Å²) in [5.74, 6) is 0.570. The Bertz CT molecular complexity index is 1100. The first-order chi connectivity index (χ1) is 15.3. The normalized spacial score (nSPS) is 19.4. The first kappa shape index (κ1) is 21.7. The monoisotopic (exact) mass is 433 g/mol. The van der Waals surface area contributed by atoms with Crippen molar-refractivity contribution in [2.75, 3.05) is 33.2 Å². The Morgan fingerprint density at radius 1 is 1.09 bits per heavy atom. The number of likely N-dealkylation sites (N-methyl/N-ethyl adjacent to an activating group) is 1. The number of amides is 1. The second kappa shape index (κ2) is 8.92. The molecule has 166 valence electrons. The second-order valence-corrected chi connectivity index (χ2v) is 8.36. The van der Waals surface area contributed by atoms with Crippen molar-refractivity contribution >= 4 is 17.4 Å². The summed E-state index contributed by atoms with van der Waals surface area (Å²) < 4.78 is 0. The van der Waals surface area contributed by atoms with E-state index in [-0.39, 0.29) is 11.6 Å². The smallest absolute Gasteiger partial charge is 0.269 e. The highest BCUT2D eigenvalue weighted by Crippen LogP contribution is 2.34. The van der Waals surface area contributed by atoms with Crippen molar-refractivity contribution in [1.82, 2.24) is 15.1 Å². The lowest BCUT2D eigenvalue weighted by Gasteiger charge is -2.35. The highest BCUT2D eigenvalue weighted by Gasteiger charge is 2.33. The summed E-state index contributed by atoms with van der Waals surface area (Å²) in [6, 6.07) is 13.7. The molecule has 8 heteroatoms. The van der Waals surface area contributed by atoms with Crippen molar-refractivity contribution in [3.8, 4) is 0 Å². The Kier molecular flexibility index (Phi) is 6.05. The molecule has 0 aromatic heterocycles. The van der Waals surface area contributed by atoms with E-state index in [2.05, 4.69) is 10.2 Å². The first-order valence-corrected chi connectivity index (χ1v) is 10.7. The van der Waals surface area contributed by atoms with Crippen LogP contribution in [0.2, 0.25) is 0 Å². The van der Waals surface area contributed by atoms with Crippen LogP contribution in [0.1, 0.15) is 29.7 Å². The molecule has 1 unspecified atom stereocenters. The summed E-state index contributed by atoms with van der Waals surface area (Å²) in [7, 11) is 2.04. The van der Waals surface area contributed by atoms with Crippen LogP contribution >= 0.6 is 0 Å². The van der Waals surface area contributed by atoms with Crippen LogP contribution in [0.25, 0.3) is 0 Å². The number of nitro groups is 1. The van der Waals surface area contributed by atoms with Gasteiger partial charge in [-0.3, -0.25) is 19.9 Å². The van der Waals surface area contributed by atoms with E-state index in [0.717, 1.165) is 29.9 Å². The van der Waals surface area contributed by atoms with Crippen LogP contribution in [0.5, 0.6) is 0 Å². The third-order valence-electron chi connectivity index (χ3n) is 5.98. The minimum absolute atomic E-state index is 0.0165. The second-order valence-electron chi connectivity index (χ2n) is 8.36. The molecule has 1 atom stereocenters. The van der Waals surface area contributed by atoms with E-state index in [1.165, 1.54) is 12.1 Å². The fourth-order valence-electron chi connectivity index (χ4n) is 4.04. The lowest BCUT2D eigenvalue weighted by atomic mass is 9.93. The molecule has 0 saturated carbocycles. The van der Waals surface area contributed by atoms with E-state index in [9.17, 15) is 14.9 Å². The van der Waals surface area contributed by atoms with Gasteiger partial charge in [0.15, 0.2) is 0 Å². The maximum absolute atomic E-state index is 13.6. The Morgan fingerprint density at radius 3 is 2.44 bits per heavy atom. The Morgan fingerprint density at radius 2 is 1.78 bits per heavy atom. The number of hydrogen-bond acceptors (Lipinski definition) is 6. The molecule has 0 spiro atoms. The molecule has 1 fully saturated rings. The van der Waals surface area contributed by atoms with Crippen molar-refractivity contribution < 1.29 is 9.72 Å². The minimum Gasteiger partial charge on any atom is -0.343 e. The third-order valence-corrected chi connectivity index (χ3v) is 5.98. The number of aryl methyl sites for hydroxylation is 1. The molecule has 0 aliphatic carbocycles. The minimum atomic E-state index is -0.625. The number of benzene rings is 2. The van der Waals surface area contributed by atoms with Crippen LogP contribution in [-0.2, 0) is 4.79 Å². The Labute approximate surface area is 187 Å². The number of non-ortho nitro benzene ring substituents is 1.